The van der Waals surface area contributed by atoms with Crippen molar-refractivity contribution in [2.75, 3.05) is 0 Å². The molecule has 2 heteroatoms. The van der Waals surface area contributed by atoms with Gasteiger partial charge in [0, 0.05) is 0 Å². The molecule has 0 N–H and O–H groups in total. The van der Waals surface area contributed by atoms with Crippen molar-refractivity contribution in [2.45, 2.75) is 27.3 Å². The summed E-state index contributed by atoms with van der Waals surface area (Å²) in [6.07, 6.45) is 0. The molecule has 94 valence electrons. The van der Waals surface area contributed by atoms with E-state index in [0.717, 1.165) is 0 Å². The first kappa shape index (κ1) is 13.4. The molecule has 0 aliphatic rings. The minimum Gasteiger partial charge on any atom is -0.155 e. The fourth-order valence-electron chi connectivity index (χ4n) is 2.28. The number of hydrogen-bond donors (Lipinski definition) is 0. The second-order valence-corrected chi connectivity index (χ2v) is 10.5. The maximum Gasteiger partial charge on any atom is 0.214 e. The average Bonchev–Trinajstić information content (AvgIpc) is 2.33. The molecule has 2 aromatic carbocycles. The highest BCUT2D eigenvalue weighted by atomic mass is 35.6. The van der Waals surface area contributed by atoms with Crippen molar-refractivity contribution in [3.8, 4) is 0 Å². The summed E-state index contributed by atoms with van der Waals surface area (Å²) >= 11 is 6.96. The van der Waals surface area contributed by atoms with Gasteiger partial charge in [-0.1, -0.05) is 48.0 Å². The van der Waals surface area contributed by atoms with Gasteiger partial charge in [0.2, 0.25) is 7.38 Å². The Kier molecular flexibility index (Phi) is 3.65. The molecule has 0 spiro atoms. The Balaban J connectivity index is 2.54. The maximum atomic E-state index is 6.96. The molecule has 0 nitrogen and oxygen atoms in total. The zero-order chi connectivity index (χ0) is 13.3. The Labute approximate surface area is 115 Å². The van der Waals surface area contributed by atoms with E-state index < -0.39 is 7.38 Å². The van der Waals surface area contributed by atoms with Gasteiger partial charge in [0.05, 0.1) is 0 Å². The first-order chi connectivity index (χ1) is 8.43. The Bertz CT molecular complexity index is 556. The van der Waals surface area contributed by atoms with Crippen molar-refractivity contribution in [2.24, 2.45) is 0 Å². The lowest BCUT2D eigenvalue weighted by Crippen LogP contribution is -2.52. The van der Waals surface area contributed by atoms with E-state index in [-0.39, 0.29) is 0 Å². The van der Waals surface area contributed by atoms with Gasteiger partial charge in [-0.2, -0.15) is 11.1 Å². The van der Waals surface area contributed by atoms with Crippen LogP contribution in [0, 0.1) is 20.8 Å². The minimum atomic E-state index is -2.08. The molecule has 18 heavy (non-hydrogen) atoms. The smallest absolute Gasteiger partial charge is 0.155 e. The molecule has 0 radical (unpaired) electrons. The van der Waals surface area contributed by atoms with Crippen molar-refractivity contribution in [1.29, 1.82) is 0 Å². The molecule has 0 fully saturated rings. The highest BCUT2D eigenvalue weighted by Gasteiger charge is 2.31. The van der Waals surface area contributed by atoms with Crippen molar-refractivity contribution in [3.05, 3.63) is 59.2 Å². The predicted octanol–water partition coefficient (Wildman–Crippen LogP) is 3.54. The summed E-state index contributed by atoms with van der Waals surface area (Å²) in [6, 6.07) is 15.1. The average molecular weight is 275 g/mol. The minimum absolute atomic E-state index is 1.28. The number of hydrogen-bond acceptors (Lipinski definition) is 0. The zero-order valence-corrected chi connectivity index (χ0v) is 13.2. The molecule has 0 aromatic heterocycles. The summed E-state index contributed by atoms with van der Waals surface area (Å²) in [7, 11) is -2.08. The van der Waals surface area contributed by atoms with E-state index in [0.29, 0.717) is 0 Å². The fraction of sp³-hybridized carbons (Fsp3) is 0.250. The van der Waals surface area contributed by atoms with Gasteiger partial charge in [-0.3, -0.25) is 0 Å². The van der Waals surface area contributed by atoms with Crippen molar-refractivity contribution >= 4 is 28.8 Å². The Hall–Kier alpha value is -1.05. The van der Waals surface area contributed by atoms with Gasteiger partial charge in [0.25, 0.3) is 0 Å². The lowest BCUT2D eigenvalue weighted by Gasteiger charge is -2.23. The largest absolute Gasteiger partial charge is 0.214 e. The molecular formula is C16H19ClSi. The molecule has 2 rings (SSSR count). The van der Waals surface area contributed by atoms with E-state index in [1.807, 2.05) is 0 Å². The van der Waals surface area contributed by atoms with Crippen LogP contribution >= 0.6 is 11.1 Å². The van der Waals surface area contributed by atoms with Crippen LogP contribution in [-0.2, 0) is 0 Å². The highest BCUT2D eigenvalue weighted by Crippen LogP contribution is 2.15. The molecular weight excluding hydrogens is 256 g/mol. The summed E-state index contributed by atoms with van der Waals surface area (Å²) < 4.78 is 0. The number of rotatable bonds is 2. The van der Waals surface area contributed by atoms with E-state index in [4.69, 9.17) is 11.1 Å². The zero-order valence-electron chi connectivity index (χ0n) is 11.4. The van der Waals surface area contributed by atoms with Crippen LogP contribution in [0.2, 0.25) is 6.55 Å². The van der Waals surface area contributed by atoms with Crippen LogP contribution in [0.15, 0.2) is 42.5 Å². The van der Waals surface area contributed by atoms with Gasteiger partial charge in [-0.25, -0.2) is 0 Å². The van der Waals surface area contributed by atoms with Crippen molar-refractivity contribution in [1.82, 2.24) is 0 Å². The molecule has 0 saturated heterocycles. The van der Waals surface area contributed by atoms with E-state index in [2.05, 4.69) is 69.8 Å². The molecule has 0 amide bonds. The number of benzene rings is 2. The Morgan fingerprint density at radius 1 is 0.889 bits per heavy atom. The SMILES string of the molecule is Cc1ccc([Si](C)(Cl)c2cccc(C)c2C)cc1. The third-order valence-corrected chi connectivity index (χ3v) is 7.94. The summed E-state index contributed by atoms with van der Waals surface area (Å²) in [6.45, 7) is 8.64. The van der Waals surface area contributed by atoms with Crippen LogP contribution in [-0.4, -0.2) is 7.38 Å². The van der Waals surface area contributed by atoms with Gasteiger partial charge in [-0.15, -0.1) is 0 Å². The molecule has 1 unspecified atom stereocenters. The summed E-state index contributed by atoms with van der Waals surface area (Å²) in [5.41, 5.74) is 3.93. The van der Waals surface area contributed by atoms with Crippen LogP contribution < -0.4 is 10.4 Å². The number of aryl methyl sites for hydroxylation is 2. The van der Waals surface area contributed by atoms with Crippen LogP contribution in [0.5, 0.6) is 0 Å². The predicted molar refractivity (Wildman–Crippen MR) is 83.8 cm³/mol. The first-order valence-electron chi connectivity index (χ1n) is 6.25. The van der Waals surface area contributed by atoms with Gasteiger partial charge in [-0.05, 0) is 48.8 Å². The second-order valence-electron chi connectivity index (χ2n) is 5.12. The first-order valence-corrected chi connectivity index (χ1v) is 9.77. The van der Waals surface area contributed by atoms with E-state index in [9.17, 15) is 0 Å². The third kappa shape index (κ3) is 2.38. The lowest BCUT2D eigenvalue weighted by molar-refractivity contribution is 1.36. The molecule has 0 aliphatic carbocycles. The van der Waals surface area contributed by atoms with Crippen LogP contribution in [0.25, 0.3) is 0 Å². The normalized spacial score (nSPS) is 14.3. The molecule has 1 atom stereocenters. The molecule has 0 aliphatic heterocycles. The fourth-order valence-corrected chi connectivity index (χ4v) is 5.69. The molecule has 0 heterocycles. The maximum absolute atomic E-state index is 6.96. The summed E-state index contributed by atoms with van der Waals surface area (Å²) in [4.78, 5) is 0. The quantitative estimate of drug-likeness (QED) is 0.580. The lowest BCUT2D eigenvalue weighted by atomic mass is 10.1. The molecule has 0 bridgehead atoms. The third-order valence-electron chi connectivity index (χ3n) is 3.70. The topological polar surface area (TPSA) is 0 Å². The monoisotopic (exact) mass is 274 g/mol. The van der Waals surface area contributed by atoms with Crippen molar-refractivity contribution < 1.29 is 0 Å². The number of halogens is 1. The van der Waals surface area contributed by atoms with E-state index in [1.165, 1.54) is 27.1 Å². The van der Waals surface area contributed by atoms with Gasteiger partial charge < -0.3 is 0 Å². The van der Waals surface area contributed by atoms with Crippen LogP contribution in [0.4, 0.5) is 0 Å². The van der Waals surface area contributed by atoms with Crippen LogP contribution in [0.1, 0.15) is 16.7 Å². The van der Waals surface area contributed by atoms with Gasteiger partial charge in [0.15, 0.2) is 0 Å². The molecule has 0 saturated carbocycles. The van der Waals surface area contributed by atoms with E-state index in [1.54, 1.807) is 0 Å². The summed E-state index contributed by atoms with van der Waals surface area (Å²) in [5.74, 6) is 0. The van der Waals surface area contributed by atoms with Gasteiger partial charge >= 0.3 is 0 Å². The summed E-state index contributed by atoms with van der Waals surface area (Å²) in [5, 5.41) is 2.61. The van der Waals surface area contributed by atoms with Crippen LogP contribution in [0.3, 0.4) is 0 Å². The Morgan fingerprint density at radius 2 is 1.50 bits per heavy atom. The van der Waals surface area contributed by atoms with Gasteiger partial charge in [0.1, 0.15) is 0 Å². The highest BCUT2D eigenvalue weighted by molar-refractivity contribution is 7.33. The second kappa shape index (κ2) is 4.91. The van der Waals surface area contributed by atoms with Crippen molar-refractivity contribution in [3.63, 3.8) is 0 Å². The standard InChI is InChI=1S/C16H19ClSi/c1-12-8-10-15(11-9-12)18(4,17)16-7-5-6-13(2)14(16)3/h5-11H,1-4H3. The molecule has 2 aromatic rings. The Morgan fingerprint density at radius 3 is 2.11 bits per heavy atom. The van der Waals surface area contributed by atoms with E-state index >= 15 is 0 Å².